The lowest BCUT2D eigenvalue weighted by atomic mass is 9.95. The van der Waals surface area contributed by atoms with E-state index in [1.807, 2.05) is 13.0 Å². The molecule has 2 heterocycles. The first-order chi connectivity index (χ1) is 11.9. The summed E-state index contributed by atoms with van der Waals surface area (Å²) in [4.78, 5) is 25.8. The van der Waals surface area contributed by atoms with Gasteiger partial charge in [-0.3, -0.25) is 9.59 Å². The third-order valence-corrected chi connectivity index (χ3v) is 4.73. The van der Waals surface area contributed by atoms with Crippen molar-refractivity contribution in [2.75, 3.05) is 6.54 Å². The minimum Gasteiger partial charge on any atom is -0.481 e. The van der Waals surface area contributed by atoms with Gasteiger partial charge in [0.15, 0.2) is 0 Å². The van der Waals surface area contributed by atoms with Gasteiger partial charge in [0.2, 0.25) is 0 Å². The molecule has 1 N–H and O–H groups in total. The molecular weight excluding hydrogens is 325 g/mol. The third kappa shape index (κ3) is 3.29. The van der Waals surface area contributed by atoms with Gasteiger partial charge in [-0.1, -0.05) is 19.1 Å². The van der Waals surface area contributed by atoms with Gasteiger partial charge in [0, 0.05) is 12.1 Å². The highest BCUT2D eigenvalue weighted by atomic mass is 19.1. The van der Waals surface area contributed by atoms with Gasteiger partial charge in [-0.15, -0.1) is 0 Å². The van der Waals surface area contributed by atoms with Crippen LogP contribution in [0.3, 0.4) is 0 Å². The fourth-order valence-electron chi connectivity index (χ4n) is 3.57. The van der Waals surface area contributed by atoms with Crippen LogP contribution >= 0.6 is 0 Å². The van der Waals surface area contributed by atoms with Crippen molar-refractivity contribution in [1.82, 2.24) is 4.90 Å². The number of carbonyl (C=O) groups is 2. The number of rotatable bonds is 4. The largest absolute Gasteiger partial charge is 0.481 e. The van der Waals surface area contributed by atoms with Crippen molar-refractivity contribution in [3.8, 4) is 0 Å². The number of amides is 1. The van der Waals surface area contributed by atoms with Crippen LogP contribution in [0.2, 0.25) is 0 Å². The van der Waals surface area contributed by atoms with Crippen molar-refractivity contribution in [3.05, 3.63) is 58.8 Å². The minimum atomic E-state index is -1.06. The molecule has 5 nitrogen and oxygen atoms in total. The highest BCUT2D eigenvalue weighted by Gasteiger charge is 2.38. The first kappa shape index (κ1) is 17.2. The van der Waals surface area contributed by atoms with Gasteiger partial charge in [0.05, 0.1) is 17.9 Å². The molecule has 0 bridgehead atoms. The molecule has 1 amide bonds. The molecule has 1 saturated heterocycles. The fourth-order valence-corrected chi connectivity index (χ4v) is 3.57. The summed E-state index contributed by atoms with van der Waals surface area (Å²) in [5, 5.41) is 9.02. The molecule has 0 aliphatic carbocycles. The van der Waals surface area contributed by atoms with Crippen LogP contribution in [0.25, 0.3) is 0 Å². The number of nitrogens with zero attached hydrogens (tertiary/aromatic N) is 1. The summed E-state index contributed by atoms with van der Waals surface area (Å²) in [6, 6.07) is 6.04. The van der Waals surface area contributed by atoms with E-state index in [1.165, 1.54) is 18.4 Å². The minimum absolute atomic E-state index is 0.160. The van der Waals surface area contributed by atoms with Crippen molar-refractivity contribution in [1.29, 1.82) is 0 Å². The molecule has 2 aromatic rings. The lowest BCUT2D eigenvalue weighted by molar-refractivity contribution is -0.136. The Morgan fingerprint density at radius 1 is 1.40 bits per heavy atom. The number of aryl methyl sites for hydroxylation is 1. The molecule has 6 heteroatoms. The highest BCUT2D eigenvalue weighted by molar-refractivity contribution is 5.98. The zero-order valence-corrected chi connectivity index (χ0v) is 14.2. The molecule has 0 radical (unpaired) electrons. The number of carboxylic acids is 1. The van der Waals surface area contributed by atoms with Gasteiger partial charge < -0.3 is 14.4 Å². The maximum atomic E-state index is 13.6. The van der Waals surface area contributed by atoms with Crippen molar-refractivity contribution in [3.63, 3.8) is 0 Å². The first-order valence-electron chi connectivity index (χ1n) is 8.23. The van der Waals surface area contributed by atoms with Gasteiger partial charge in [-0.25, -0.2) is 4.39 Å². The van der Waals surface area contributed by atoms with E-state index in [0.29, 0.717) is 17.7 Å². The predicted octanol–water partition coefficient (Wildman–Crippen LogP) is 3.58. The number of furan rings is 1. The Balaban J connectivity index is 1.96. The van der Waals surface area contributed by atoms with Crippen LogP contribution in [-0.2, 0) is 11.2 Å². The number of hydrogen-bond acceptors (Lipinski definition) is 3. The van der Waals surface area contributed by atoms with Crippen LogP contribution in [0.1, 0.15) is 46.6 Å². The number of halogens is 1. The summed E-state index contributed by atoms with van der Waals surface area (Å²) in [5.74, 6) is -1.32. The number of benzene rings is 1. The molecule has 2 atom stereocenters. The van der Waals surface area contributed by atoms with Crippen molar-refractivity contribution in [2.24, 2.45) is 5.92 Å². The van der Waals surface area contributed by atoms with E-state index in [9.17, 15) is 14.0 Å². The maximum absolute atomic E-state index is 13.6. The topological polar surface area (TPSA) is 70.7 Å². The van der Waals surface area contributed by atoms with Crippen LogP contribution in [0, 0.1) is 18.7 Å². The predicted molar refractivity (Wildman–Crippen MR) is 88.7 cm³/mol. The van der Waals surface area contributed by atoms with E-state index < -0.39 is 5.97 Å². The summed E-state index contributed by atoms with van der Waals surface area (Å²) in [6.07, 6.45) is 1.86. The van der Waals surface area contributed by atoms with Gasteiger partial charge in [0.25, 0.3) is 5.91 Å². The Morgan fingerprint density at radius 2 is 2.16 bits per heavy atom. The quantitative estimate of drug-likeness (QED) is 0.919. The van der Waals surface area contributed by atoms with E-state index >= 15 is 0 Å². The van der Waals surface area contributed by atoms with E-state index in [1.54, 1.807) is 17.9 Å². The smallest absolute Gasteiger partial charge is 0.311 e. The normalized spacial score (nSPS) is 20.0. The molecule has 2 unspecified atom stereocenters. The zero-order chi connectivity index (χ0) is 18.1. The monoisotopic (exact) mass is 345 g/mol. The summed E-state index contributed by atoms with van der Waals surface area (Å²) in [7, 11) is 0. The summed E-state index contributed by atoms with van der Waals surface area (Å²) >= 11 is 0. The van der Waals surface area contributed by atoms with Crippen molar-refractivity contribution >= 4 is 11.9 Å². The Hall–Kier alpha value is -2.63. The van der Waals surface area contributed by atoms with E-state index in [0.717, 1.165) is 12.0 Å². The van der Waals surface area contributed by atoms with Crippen molar-refractivity contribution in [2.45, 2.75) is 32.7 Å². The number of likely N-dealkylation sites (tertiary alicyclic amines) is 1. The Kier molecular flexibility index (Phi) is 4.61. The summed E-state index contributed by atoms with van der Waals surface area (Å²) in [6.45, 7) is 4.29. The summed E-state index contributed by atoms with van der Waals surface area (Å²) < 4.78 is 18.9. The number of carbonyl (C=O) groups excluding carboxylic acids is 1. The van der Waals surface area contributed by atoms with Gasteiger partial charge in [-0.2, -0.15) is 0 Å². The SMILES string of the molecule is Cc1coc(CC(=O)O)c1C(=O)N1CCC(C)C1c1cccc(F)c1. The molecule has 0 spiro atoms. The number of hydrogen-bond donors (Lipinski definition) is 1. The lowest BCUT2D eigenvalue weighted by Gasteiger charge is -2.28. The average molecular weight is 345 g/mol. The molecule has 1 aromatic carbocycles. The van der Waals surface area contributed by atoms with Crippen LogP contribution < -0.4 is 0 Å². The lowest BCUT2D eigenvalue weighted by Crippen LogP contribution is -2.32. The first-order valence-corrected chi connectivity index (χ1v) is 8.23. The second-order valence-electron chi connectivity index (χ2n) is 6.55. The standard InChI is InChI=1S/C19H20FNO4/c1-11-6-7-21(18(11)13-4-3-5-14(20)8-13)19(24)17-12(2)10-25-15(17)9-16(22)23/h3-5,8,10-11,18H,6-7,9H2,1-2H3,(H,22,23). The molecular formula is C19H20FNO4. The molecule has 3 rings (SSSR count). The molecule has 25 heavy (non-hydrogen) atoms. The molecule has 1 fully saturated rings. The average Bonchev–Trinajstić information content (AvgIpc) is 3.09. The Bertz CT molecular complexity index is 814. The van der Waals surface area contributed by atoms with Crippen LogP contribution in [-0.4, -0.2) is 28.4 Å². The second kappa shape index (κ2) is 6.70. The second-order valence-corrected chi connectivity index (χ2v) is 6.55. The van der Waals surface area contributed by atoms with Crippen LogP contribution in [0.15, 0.2) is 34.9 Å². The summed E-state index contributed by atoms with van der Waals surface area (Å²) in [5.41, 5.74) is 1.66. The van der Waals surface area contributed by atoms with E-state index in [2.05, 4.69) is 0 Å². The van der Waals surface area contributed by atoms with Gasteiger partial charge in [-0.05, 0) is 37.0 Å². The molecule has 0 saturated carbocycles. The van der Waals surface area contributed by atoms with Crippen LogP contribution in [0.4, 0.5) is 4.39 Å². The zero-order valence-electron chi connectivity index (χ0n) is 14.2. The Labute approximate surface area is 145 Å². The molecule has 1 aromatic heterocycles. The highest BCUT2D eigenvalue weighted by Crippen LogP contribution is 2.38. The molecule has 1 aliphatic heterocycles. The maximum Gasteiger partial charge on any atom is 0.311 e. The van der Waals surface area contributed by atoms with Gasteiger partial charge >= 0.3 is 5.97 Å². The van der Waals surface area contributed by atoms with Crippen molar-refractivity contribution < 1.29 is 23.5 Å². The van der Waals surface area contributed by atoms with Crippen LogP contribution in [0.5, 0.6) is 0 Å². The molecule has 132 valence electrons. The number of aliphatic carboxylic acids is 1. The third-order valence-electron chi connectivity index (χ3n) is 4.73. The van der Waals surface area contributed by atoms with Gasteiger partial charge in [0.1, 0.15) is 18.0 Å². The van der Waals surface area contributed by atoms with E-state index in [4.69, 9.17) is 9.52 Å². The van der Waals surface area contributed by atoms with E-state index in [-0.39, 0.29) is 35.9 Å². The Morgan fingerprint density at radius 3 is 2.84 bits per heavy atom. The fraction of sp³-hybridized carbons (Fsp3) is 0.368. The molecule has 1 aliphatic rings. The number of carboxylic acid groups (broad SMARTS) is 1.